The number of carbonyl (C=O) groups is 1. The molecule has 0 spiro atoms. The lowest BCUT2D eigenvalue weighted by Crippen LogP contribution is -2.27. The van der Waals surface area contributed by atoms with E-state index >= 15 is 0 Å². The highest BCUT2D eigenvalue weighted by Crippen LogP contribution is 2.24. The van der Waals surface area contributed by atoms with Gasteiger partial charge in [0.2, 0.25) is 0 Å². The molecule has 29 heavy (non-hydrogen) atoms. The molecule has 6 nitrogen and oxygen atoms in total. The van der Waals surface area contributed by atoms with E-state index < -0.39 is 10.0 Å². The Bertz CT molecular complexity index is 1060. The molecule has 1 amide bonds. The van der Waals surface area contributed by atoms with Crippen LogP contribution in [0.1, 0.15) is 15.9 Å². The largest absolute Gasteiger partial charge is 0.497 e. The van der Waals surface area contributed by atoms with Crippen LogP contribution in [0.2, 0.25) is 0 Å². The second-order valence-electron chi connectivity index (χ2n) is 6.36. The van der Waals surface area contributed by atoms with Gasteiger partial charge in [0.05, 0.1) is 17.7 Å². The fourth-order valence-electron chi connectivity index (χ4n) is 2.75. The summed E-state index contributed by atoms with van der Waals surface area (Å²) in [6.07, 6.45) is 0. The standard InChI is InChI=1S/C22H22N2O4S/c1-24(29(26,27)21-14-12-20(28-2)13-15-21)19-10-8-18(9-11-19)22(25)23-16-17-6-4-3-5-7-17/h3-15H,16H2,1-2H3,(H,23,25). The van der Waals surface area contributed by atoms with Crippen molar-refractivity contribution in [3.05, 3.63) is 90.0 Å². The van der Waals surface area contributed by atoms with Crippen LogP contribution < -0.4 is 14.4 Å². The number of benzene rings is 3. The molecule has 0 saturated heterocycles. The number of hydrogen-bond acceptors (Lipinski definition) is 4. The third-order valence-corrected chi connectivity index (χ3v) is 6.31. The number of amides is 1. The van der Waals surface area contributed by atoms with Gasteiger partial charge in [-0.05, 0) is 54.1 Å². The van der Waals surface area contributed by atoms with Gasteiger partial charge >= 0.3 is 0 Å². The quantitative estimate of drug-likeness (QED) is 0.647. The maximum atomic E-state index is 12.8. The number of nitrogens with zero attached hydrogens (tertiary/aromatic N) is 1. The molecule has 0 unspecified atom stereocenters. The number of anilines is 1. The lowest BCUT2D eigenvalue weighted by molar-refractivity contribution is 0.0951. The Morgan fingerprint density at radius 3 is 2.14 bits per heavy atom. The van der Waals surface area contributed by atoms with E-state index in [0.717, 1.165) is 5.56 Å². The lowest BCUT2D eigenvalue weighted by Gasteiger charge is -2.20. The Labute approximate surface area is 170 Å². The average molecular weight is 410 g/mol. The SMILES string of the molecule is COc1ccc(S(=O)(=O)N(C)c2ccc(C(=O)NCc3ccccc3)cc2)cc1. The molecule has 150 valence electrons. The molecular formula is C22H22N2O4S. The van der Waals surface area contributed by atoms with Crippen LogP contribution in [0.3, 0.4) is 0 Å². The number of rotatable bonds is 7. The molecule has 3 aromatic carbocycles. The van der Waals surface area contributed by atoms with Gasteiger partial charge in [-0.25, -0.2) is 8.42 Å². The lowest BCUT2D eigenvalue weighted by atomic mass is 10.2. The van der Waals surface area contributed by atoms with E-state index in [0.29, 0.717) is 23.5 Å². The van der Waals surface area contributed by atoms with Crippen LogP contribution in [0, 0.1) is 0 Å². The molecule has 7 heteroatoms. The smallest absolute Gasteiger partial charge is 0.264 e. The summed E-state index contributed by atoms with van der Waals surface area (Å²) in [5.41, 5.74) is 1.92. The first-order chi connectivity index (χ1) is 13.9. The summed E-state index contributed by atoms with van der Waals surface area (Å²) in [5, 5.41) is 2.85. The summed E-state index contributed by atoms with van der Waals surface area (Å²) in [5.74, 6) is 0.360. The van der Waals surface area contributed by atoms with Gasteiger partial charge < -0.3 is 10.1 Å². The molecule has 3 rings (SSSR count). The molecule has 0 fully saturated rings. The van der Waals surface area contributed by atoms with E-state index in [1.54, 1.807) is 36.4 Å². The van der Waals surface area contributed by atoms with Crippen LogP contribution in [0.15, 0.2) is 83.8 Å². The molecule has 1 N–H and O–H groups in total. The summed E-state index contributed by atoms with van der Waals surface area (Å²) in [4.78, 5) is 12.5. The highest BCUT2D eigenvalue weighted by atomic mass is 32.2. The summed E-state index contributed by atoms with van der Waals surface area (Å²) in [6.45, 7) is 0.424. The highest BCUT2D eigenvalue weighted by Gasteiger charge is 2.21. The Kier molecular flexibility index (Phi) is 6.19. The monoisotopic (exact) mass is 410 g/mol. The second kappa shape index (κ2) is 8.79. The van der Waals surface area contributed by atoms with E-state index in [1.807, 2.05) is 30.3 Å². The van der Waals surface area contributed by atoms with Gasteiger partial charge in [-0.15, -0.1) is 0 Å². The van der Waals surface area contributed by atoms with Crippen LogP contribution in [-0.2, 0) is 16.6 Å². The van der Waals surface area contributed by atoms with Gasteiger partial charge in [-0.3, -0.25) is 9.10 Å². The van der Waals surface area contributed by atoms with Crippen molar-refractivity contribution in [2.45, 2.75) is 11.4 Å². The van der Waals surface area contributed by atoms with E-state index in [-0.39, 0.29) is 10.8 Å². The van der Waals surface area contributed by atoms with Crippen molar-refractivity contribution in [2.24, 2.45) is 0 Å². The predicted octanol–water partition coefficient (Wildman–Crippen LogP) is 3.45. The zero-order chi connectivity index (χ0) is 20.9. The fourth-order valence-corrected chi connectivity index (χ4v) is 3.94. The fraction of sp³-hybridized carbons (Fsp3) is 0.136. The van der Waals surface area contributed by atoms with Crippen molar-refractivity contribution in [3.8, 4) is 5.75 Å². The van der Waals surface area contributed by atoms with Crippen LogP contribution in [0.25, 0.3) is 0 Å². The number of carbonyl (C=O) groups excluding carboxylic acids is 1. The maximum absolute atomic E-state index is 12.8. The highest BCUT2D eigenvalue weighted by molar-refractivity contribution is 7.92. The zero-order valence-electron chi connectivity index (χ0n) is 16.2. The Balaban J connectivity index is 1.70. The first kappa shape index (κ1) is 20.4. The molecule has 3 aromatic rings. The van der Waals surface area contributed by atoms with Crippen molar-refractivity contribution >= 4 is 21.6 Å². The summed E-state index contributed by atoms with van der Waals surface area (Å²) in [6, 6.07) is 22.2. The van der Waals surface area contributed by atoms with Crippen molar-refractivity contribution in [2.75, 3.05) is 18.5 Å². The van der Waals surface area contributed by atoms with Crippen molar-refractivity contribution in [1.29, 1.82) is 0 Å². The van der Waals surface area contributed by atoms with Crippen molar-refractivity contribution in [1.82, 2.24) is 5.32 Å². The molecular weight excluding hydrogens is 388 g/mol. The molecule has 0 aliphatic carbocycles. The third kappa shape index (κ3) is 4.75. The Morgan fingerprint density at radius 1 is 0.931 bits per heavy atom. The molecule has 0 atom stereocenters. The minimum Gasteiger partial charge on any atom is -0.497 e. The van der Waals surface area contributed by atoms with Gasteiger partial charge in [-0.1, -0.05) is 30.3 Å². The molecule has 0 bridgehead atoms. The third-order valence-electron chi connectivity index (χ3n) is 4.51. The molecule has 0 radical (unpaired) electrons. The molecule has 0 heterocycles. The van der Waals surface area contributed by atoms with Gasteiger partial charge in [0.1, 0.15) is 5.75 Å². The first-order valence-electron chi connectivity index (χ1n) is 8.97. The number of hydrogen-bond donors (Lipinski definition) is 1. The van der Waals surface area contributed by atoms with Crippen LogP contribution in [0.4, 0.5) is 5.69 Å². The van der Waals surface area contributed by atoms with Crippen LogP contribution in [-0.4, -0.2) is 28.5 Å². The minimum atomic E-state index is -3.72. The first-order valence-corrected chi connectivity index (χ1v) is 10.4. The average Bonchev–Trinajstić information content (AvgIpc) is 2.77. The Hall–Kier alpha value is -3.32. The Morgan fingerprint density at radius 2 is 1.55 bits per heavy atom. The molecule has 0 aliphatic rings. The van der Waals surface area contributed by atoms with E-state index in [2.05, 4.69) is 5.32 Å². The number of ether oxygens (including phenoxy) is 1. The summed E-state index contributed by atoms with van der Waals surface area (Å²) < 4.78 is 31.9. The van der Waals surface area contributed by atoms with Gasteiger partial charge in [-0.2, -0.15) is 0 Å². The van der Waals surface area contributed by atoms with Gasteiger partial charge in [0.15, 0.2) is 0 Å². The van der Waals surface area contributed by atoms with Crippen LogP contribution >= 0.6 is 0 Å². The molecule has 0 aliphatic heterocycles. The molecule has 0 saturated carbocycles. The van der Waals surface area contributed by atoms with E-state index in [4.69, 9.17) is 4.74 Å². The van der Waals surface area contributed by atoms with Crippen molar-refractivity contribution in [3.63, 3.8) is 0 Å². The zero-order valence-corrected chi connectivity index (χ0v) is 17.0. The van der Waals surface area contributed by atoms with Crippen LogP contribution in [0.5, 0.6) is 5.75 Å². The summed E-state index contributed by atoms with van der Waals surface area (Å²) in [7, 11) is -0.722. The number of sulfonamides is 1. The maximum Gasteiger partial charge on any atom is 0.264 e. The van der Waals surface area contributed by atoms with E-state index in [9.17, 15) is 13.2 Å². The second-order valence-corrected chi connectivity index (χ2v) is 8.33. The number of nitrogens with one attached hydrogen (secondary N) is 1. The summed E-state index contributed by atoms with van der Waals surface area (Å²) >= 11 is 0. The van der Waals surface area contributed by atoms with E-state index in [1.165, 1.54) is 30.6 Å². The molecule has 0 aromatic heterocycles. The predicted molar refractivity (Wildman–Crippen MR) is 113 cm³/mol. The van der Waals surface area contributed by atoms with Gasteiger partial charge in [0.25, 0.3) is 15.9 Å². The minimum absolute atomic E-state index is 0.158. The number of methoxy groups -OCH3 is 1. The topological polar surface area (TPSA) is 75.7 Å². The van der Waals surface area contributed by atoms with Gasteiger partial charge in [0, 0.05) is 19.2 Å². The van der Waals surface area contributed by atoms with Crippen molar-refractivity contribution < 1.29 is 17.9 Å². The normalized spacial score (nSPS) is 11.0.